The number of nitrogens with one attached hydrogen (secondary N) is 2. The Hall–Kier alpha value is -1.99. The van der Waals surface area contributed by atoms with Crippen LogP contribution in [0.3, 0.4) is 0 Å². The molecule has 0 radical (unpaired) electrons. The first kappa shape index (κ1) is 17.4. The molecule has 2 fully saturated rings. The molecule has 0 bridgehead atoms. The third kappa shape index (κ3) is 4.04. The molecule has 2 amide bonds. The number of likely N-dealkylation sites (tertiary alicyclic amines) is 1. The van der Waals surface area contributed by atoms with Crippen LogP contribution in [-0.2, 0) is 0 Å². The lowest BCUT2D eigenvalue weighted by atomic mass is 10.0. The van der Waals surface area contributed by atoms with E-state index >= 15 is 0 Å². The van der Waals surface area contributed by atoms with Crippen molar-refractivity contribution >= 4 is 23.5 Å². The van der Waals surface area contributed by atoms with Crippen LogP contribution in [0.2, 0.25) is 0 Å². The van der Waals surface area contributed by atoms with Crippen molar-refractivity contribution in [2.24, 2.45) is 0 Å². The van der Waals surface area contributed by atoms with Crippen LogP contribution in [0.15, 0.2) is 36.5 Å². The molecule has 138 valence electrons. The van der Waals surface area contributed by atoms with E-state index in [0.29, 0.717) is 6.04 Å². The van der Waals surface area contributed by atoms with Crippen molar-refractivity contribution in [1.29, 1.82) is 0 Å². The maximum Gasteiger partial charge on any atom is 0.321 e. The number of hydrogen-bond acceptors (Lipinski definition) is 4. The summed E-state index contributed by atoms with van der Waals surface area (Å²) in [7, 11) is 0. The number of amides is 2. The van der Waals surface area contributed by atoms with Crippen LogP contribution in [0.4, 0.5) is 10.5 Å². The molecule has 1 aromatic heterocycles. The molecule has 2 aliphatic rings. The summed E-state index contributed by atoms with van der Waals surface area (Å²) < 4.78 is 0. The second-order valence-corrected chi connectivity index (χ2v) is 8.07. The summed E-state index contributed by atoms with van der Waals surface area (Å²) in [6, 6.07) is 10.4. The number of piperidine rings is 1. The van der Waals surface area contributed by atoms with Gasteiger partial charge in [0.25, 0.3) is 0 Å². The standard InChI is InChI=1S/C19H25N5OS/c25-19(21-16-3-1-2-15(14-16)18-4-7-20-22-18)24-8-5-17(6-9-24)23-10-12-26-13-11-23/h1-4,7,14,17H,5-6,8-13H2,(H,20,22)(H,21,25). The van der Waals surface area contributed by atoms with E-state index in [9.17, 15) is 4.79 Å². The Morgan fingerprint density at radius 3 is 2.69 bits per heavy atom. The Morgan fingerprint density at radius 2 is 1.96 bits per heavy atom. The number of H-pyrrole nitrogens is 1. The van der Waals surface area contributed by atoms with Crippen LogP contribution in [0.5, 0.6) is 0 Å². The molecule has 4 rings (SSSR count). The number of aromatic nitrogens is 2. The molecular weight excluding hydrogens is 346 g/mol. The fourth-order valence-corrected chi connectivity index (χ4v) is 4.69. The Balaban J connectivity index is 1.32. The van der Waals surface area contributed by atoms with Gasteiger partial charge >= 0.3 is 6.03 Å². The summed E-state index contributed by atoms with van der Waals surface area (Å²) in [5, 5.41) is 9.98. The minimum absolute atomic E-state index is 0.000546. The zero-order valence-electron chi connectivity index (χ0n) is 14.9. The van der Waals surface area contributed by atoms with Gasteiger partial charge < -0.3 is 10.2 Å². The number of hydrogen-bond donors (Lipinski definition) is 2. The highest BCUT2D eigenvalue weighted by Crippen LogP contribution is 2.23. The molecule has 2 N–H and O–H groups in total. The van der Waals surface area contributed by atoms with Crippen molar-refractivity contribution in [3.8, 4) is 11.3 Å². The van der Waals surface area contributed by atoms with E-state index in [-0.39, 0.29) is 6.03 Å². The summed E-state index contributed by atoms with van der Waals surface area (Å²) >= 11 is 2.05. The summed E-state index contributed by atoms with van der Waals surface area (Å²) in [4.78, 5) is 17.2. The zero-order valence-corrected chi connectivity index (χ0v) is 15.7. The van der Waals surface area contributed by atoms with Gasteiger partial charge in [-0.1, -0.05) is 12.1 Å². The van der Waals surface area contributed by atoms with Gasteiger partial charge in [0.15, 0.2) is 0 Å². The molecule has 2 aliphatic heterocycles. The zero-order chi connectivity index (χ0) is 17.8. The van der Waals surface area contributed by atoms with Crippen LogP contribution in [0.1, 0.15) is 12.8 Å². The molecule has 1 aromatic carbocycles. The molecule has 0 saturated carbocycles. The van der Waals surface area contributed by atoms with E-state index < -0.39 is 0 Å². The molecule has 2 saturated heterocycles. The van der Waals surface area contributed by atoms with Gasteiger partial charge in [-0.15, -0.1) is 0 Å². The fraction of sp³-hybridized carbons (Fsp3) is 0.474. The summed E-state index contributed by atoms with van der Waals surface area (Å²) in [6.07, 6.45) is 3.88. The molecule has 2 aromatic rings. The third-order valence-corrected chi connectivity index (χ3v) is 6.18. The van der Waals surface area contributed by atoms with Crippen molar-refractivity contribution in [2.45, 2.75) is 18.9 Å². The first-order valence-electron chi connectivity index (χ1n) is 9.27. The number of anilines is 1. The molecule has 0 atom stereocenters. The van der Waals surface area contributed by atoms with Gasteiger partial charge in [-0.25, -0.2) is 4.79 Å². The van der Waals surface area contributed by atoms with Crippen molar-refractivity contribution < 1.29 is 4.79 Å². The number of carbonyl (C=O) groups is 1. The van der Waals surface area contributed by atoms with E-state index in [1.807, 2.05) is 47.0 Å². The SMILES string of the molecule is O=C(Nc1cccc(-c2ccn[nH]2)c1)N1CCC(N2CCSCC2)CC1. The van der Waals surface area contributed by atoms with Crippen LogP contribution in [-0.4, -0.2) is 69.8 Å². The predicted molar refractivity (Wildman–Crippen MR) is 107 cm³/mol. The summed E-state index contributed by atoms with van der Waals surface area (Å²) in [5.74, 6) is 2.49. The van der Waals surface area contributed by atoms with Crippen LogP contribution in [0, 0.1) is 0 Å². The number of benzene rings is 1. The van der Waals surface area contributed by atoms with Gasteiger partial charge in [-0.2, -0.15) is 16.9 Å². The van der Waals surface area contributed by atoms with E-state index in [4.69, 9.17) is 0 Å². The molecule has 0 spiro atoms. The Labute approximate surface area is 158 Å². The van der Waals surface area contributed by atoms with Gasteiger partial charge in [0.2, 0.25) is 0 Å². The van der Waals surface area contributed by atoms with Crippen molar-refractivity contribution in [3.05, 3.63) is 36.5 Å². The lowest BCUT2D eigenvalue weighted by Gasteiger charge is -2.40. The normalized spacial score (nSPS) is 19.5. The smallest absolute Gasteiger partial charge is 0.321 e. The first-order chi connectivity index (χ1) is 12.8. The Bertz CT molecular complexity index is 721. The highest BCUT2D eigenvalue weighted by molar-refractivity contribution is 7.99. The van der Waals surface area contributed by atoms with Crippen molar-refractivity contribution in [2.75, 3.05) is 43.0 Å². The maximum atomic E-state index is 12.6. The van der Waals surface area contributed by atoms with Gasteiger partial charge in [-0.3, -0.25) is 10.00 Å². The van der Waals surface area contributed by atoms with Crippen LogP contribution < -0.4 is 5.32 Å². The van der Waals surface area contributed by atoms with Crippen LogP contribution in [0.25, 0.3) is 11.3 Å². The lowest BCUT2D eigenvalue weighted by Crippen LogP contribution is -2.49. The summed E-state index contributed by atoms with van der Waals surface area (Å²) in [6.45, 7) is 4.06. The lowest BCUT2D eigenvalue weighted by molar-refractivity contribution is 0.130. The average Bonchev–Trinajstić information content (AvgIpc) is 3.24. The number of nitrogens with zero attached hydrogens (tertiary/aromatic N) is 3. The van der Waals surface area contributed by atoms with Crippen molar-refractivity contribution in [3.63, 3.8) is 0 Å². The third-order valence-electron chi connectivity index (χ3n) is 5.24. The molecule has 6 nitrogen and oxygen atoms in total. The molecular formula is C19H25N5OS. The van der Waals surface area contributed by atoms with E-state index in [1.54, 1.807) is 6.20 Å². The van der Waals surface area contributed by atoms with Gasteiger partial charge in [-0.05, 0) is 31.0 Å². The quantitative estimate of drug-likeness (QED) is 0.870. The minimum atomic E-state index is -0.000546. The fourth-order valence-electron chi connectivity index (χ4n) is 3.76. The number of rotatable bonds is 3. The number of carbonyl (C=O) groups excluding carboxylic acids is 1. The van der Waals surface area contributed by atoms with Crippen LogP contribution >= 0.6 is 11.8 Å². The first-order valence-corrected chi connectivity index (χ1v) is 10.4. The molecule has 7 heteroatoms. The van der Waals surface area contributed by atoms with Crippen molar-refractivity contribution in [1.82, 2.24) is 20.0 Å². The van der Waals surface area contributed by atoms with Gasteiger partial charge in [0.05, 0.1) is 5.69 Å². The number of urea groups is 1. The minimum Gasteiger partial charge on any atom is -0.324 e. The highest BCUT2D eigenvalue weighted by atomic mass is 32.2. The number of aromatic amines is 1. The average molecular weight is 372 g/mol. The van der Waals surface area contributed by atoms with E-state index in [1.165, 1.54) is 24.6 Å². The maximum absolute atomic E-state index is 12.6. The topological polar surface area (TPSA) is 64.3 Å². The Morgan fingerprint density at radius 1 is 1.15 bits per heavy atom. The molecule has 26 heavy (non-hydrogen) atoms. The molecule has 0 aliphatic carbocycles. The largest absolute Gasteiger partial charge is 0.324 e. The molecule has 0 unspecified atom stereocenters. The van der Waals surface area contributed by atoms with Gasteiger partial charge in [0.1, 0.15) is 0 Å². The second kappa shape index (κ2) is 8.14. The Kier molecular flexibility index (Phi) is 5.45. The predicted octanol–water partition coefficient (Wildman–Crippen LogP) is 3.12. The highest BCUT2D eigenvalue weighted by Gasteiger charge is 2.27. The monoisotopic (exact) mass is 371 g/mol. The second-order valence-electron chi connectivity index (χ2n) is 6.85. The van der Waals surface area contributed by atoms with E-state index in [2.05, 4.69) is 20.4 Å². The van der Waals surface area contributed by atoms with E-state index in [0.717, 1.165) is 42.9 Å². The number of thioether (sulfide) groups is 1. The van der Waals surface area contributed by atoms with Gasteiger partial charge in [0, 0.05) is 61.2 Å². The molecule has 3 heterocycles. The summed E-state index contributed by atoms with van der Waals surface area (Å²) in [5.41, 5.74) is 2.78.